The molecule has 0 saturated heterocycles. The standard InChI is InChI=1S/C20H23N4O/c1-20(2)17(24-16-18(21)22-12-23-19(16)25-20)15-10-8-14(9-11-15)13-6-4-3-5-7-13/h3,8-13H,4-7H2,1-2H3,(H2,21,22,23). The molecule has 0 unspecified atom stereocenters. The van der Waals surface area contributed by atoms with Crippen LogP contribution in [0.15, 0.2) is 35.6 Å². The maximum atomic E-state index is 6.05. The van der Waals surface area contributed by atoms with Gasteiger partial charge in [-0.2, -0.15) is 4.98 Å². The van der Waals surface area contributed by atoms with Crippen LogP contribution >= 0.6 is 0 Å². The van der Waals surface area contributed by atoms with Crippen molar-refractivity contribution in [2.24, 2.45) is 4.99 Å². The number of hydrogen-bond donors (Lipinski definition) is 1. The number of aromatic nitrogens is 2. The second kappa shape index (κ2) is 6.14. The molecule has 1 saturated carbocycles. The highest BCUT2D eigenvalue weighted by Gasteiger charge is 2.35. The van der Waals surface area contributed by atoms with Crippen LogP contribution in [0.1, 0.15) is 56.6 Å². The highest BCUT2D eigenvalue weighted by molar-refractivity contribution is 6.09. The molecule has 1 aromatic heterocycles. The van der Waals surface area contributed by atoms with Crippen LogP contribution in [0.5, 0.6) is 5.88 Å². The van der Waals surface area contributed by atoms with E-state index < -0.39 is 5.60 Å². The number of nitrogens with two attached hydrogens (primary N) is 1. The third kappa shape index (κ3) is 2.99. The molecule has 2 aliphatic rings. The summed E-state index contributed by atoms with van der Waals surface area (Å²) in [5.74, 6) is 1.45. The van der Waals surface area contributed by atoms with E-state index in [1.54, 1.807) is 0 Å². The molecule has 129 valence electrons. The van der Waals surface area contributed by atoms with E-state index in [0.29, 0.717) is 23.3 Å². The smallest absolute Gasteiger partial charge is 0.246 e. The highest BCUT2D eigenvalue weighted by Crippen LogP contribution is 2.39. The van der Waals surface area contributed by atoms with Gasteiger partial charge in [-0.1, -0.05) is 24.3 Å². The van der Waals surface area contributed by atoms with E-state index in [-0.39, 0.29) is 0 Å². The average Bonchev–Trinajstić information content (AvgIpc) is 2.62. The predicted octanol–water partition coefficient (Wildman–Crippen LogP) is 4.21. The number of anilines is 1. The molecule has 4 rings (SSSR count). The summed E-state index contributed by atoms with van der Waals surface area (Å²) in [6, 6.07) is 8.74. The van der Waals surface area contributed by atoms with Gasteiger partial charge in [-0.05, 0) is 57.4 Å². The number of hydrogen-bond acceptors (Lipinski definition) is 5. The lowest BCUT2D eigenvalue weighted by molar-refractivity contribution is 0.171. The van der Waals surface area contributed by atoms with Gasteiger partial charge in [-0.25, -0.2) is 9.98 Å². The lowest BCUT2D eigenvalue weighted by atomic mass is 9.83. The van der Waals surface area contributed by atoms with E-state index in [4.69, 9.17) is 15.5 Å². The number of benzene rings is 1. The second-order valence-electron chi connectivity index (χ2n) is 7.25. The first-order chi connectivity index (χ1) is 12.0. The fourth-order valence-corrected chi connectivity index (χ4v) is 3.68. The topological polar surface area (TPSA) is 73.4 Å². The summed E-state index contributed by atoms with van der Waals surface area (Å²) in [5, 5.41) is 0. The van der Waals surface area contributed by atoms with Crippen molar-refractivity contribution in [3.8, 4) is 5.88 Å². The van der Waals surface area contributed by atoms with E-state index in [0.717, 1.165) is 11.3 Å². The number of aliphatic imine (C=N–C) groups is 1. The van der Waals surface area contributed by atoms with Gasteiger partial charge in [0.05, 0.1) is 5.71 Å². The predicted molar refractivity (Wildman–Crippen MR) is 99.3 cm³/mol. The third-order valence-electron chi connectivity index (χ3n) is 5.06. The Morgan fingerprint density at radius 3 is 2.52 bits per heavy atom. The molecule has 1 aliphatic heterocycles. The van der Waals surface area contributed by atoms with Gasteiger partial charge >= 0.3 is 0 Å². The van der Waals surface area contributed by atoms with Crippen molar-refractivity contribution in [1.82, 2.24) is 9.97 Å². The van der Waals surface area contributed by atoms with Crippen molar-refractivity contribution in [3.05, 3.63) is 48.1 Å². The Bertz CT molecular complexity index is 805. The van der Waals surface area contributed by atoms with Gasteiger partial charge in [0.1, 0.15) is 11.9 Å². The minimum absolute atomic E-state index is 0.341. The number of nitrogens with zero attached hydrogens (tertiary/aromatic N) is 3. The van der Waals surface area contributed by atoms with Crippen molar-refractivity contribution >= 4 is 17.2 Å². The van der Waals surface area contributed by atoms with Crippen LogP contribution in [0.2, 0.25) is 0 Å². The molecule has 1 radical (unpaired) electrons. The number of rotatable bonds is 2. The van der Waals surface area contributed by atoms with Gasteiger partial charge in [-0.3, -0.25) is 0 Å². The van der Waals surface area contributed by atoms with Gasteiger partial charge in [0.15, 0.2) is 11.5 Å². The molecule has 2 aromatic rings. The van der Waals surface area contributed by atoms with Crippen LogP contribution < -0.4 is 10.5 Å². The van der Waals surface area contributed by atoms with E-state index in [2.05, 4.69) is 40.7 Å². The molecule has 5 nitrogen and oxygen atoms in total. The first-order valence-corrected chi connectivity index (χ1v) is 8.85. The Balaban J connectivity index is 1.69. The second-order valence-corrected chi connectivity index (χ2v) is 7.25. The zero-order valence-corrected chi connectivity index (χ0v) is 14.7. The monoisotopic (exact) mass is 335 g/mol. The molecule has 25 heavy (non-hydrogen) atoms. The Kier molecular flexibility index (Phi) is 3.94. The van der Waals surface area contributed by atoms with Crippen molar-refractivity contribution < 1.29 is 4.74 Å². The van der Waals surface area contributed by atoms with E-state index in [1.165, 1.54) is 37.6 Å². The molecule has 2 heterocycles. The van der Waals surface area contributed by atoms with E-state index in [9.17, 15) is 0 Å². The summed E-state index contributed by atoms with van der Waals surface area (Å²) in [6.45, 7) is 4.00. The minimum Gasteiger partial charge on any atom is -0.463 e. The van der Waals surface area contributed by atoms with Crippen LogP contribution in [0.3, 0.4) is 0 Å². The molecular weight excluding hydrogens is 312 g/mol. The fourth-order valence-electron chi connectivity index (χ4n) is 3.68. The Morgan fingerprint density at radius 1 is 1.08 bits per heavy atom. The van der Waals surface area contributed by atoms with Crippen molar-refractivity contribution in [2.45, 2.75) is 51.0 Å². The molecule has 0 bridgehead atoms. The van der Waals surface area contributed by atoms with Crippen molar-refractivity contribution in [3.63, 3.8) is 0 Å². The first kappa shape index (κ1) is 16.1. The SMILES string of the molecule is CC1(C)Oc2ncnc(N)c2N=C1c1ccc(C2CC[CH]CC2)cc1. The van der Waals surface area contributed by atoms with Crippen LogP contribution in [-0.4, -0.2) is 21.3 Å². The van der Waals surface area contributed by atoms with E-state index >= 15 is 0 Å². The summed E-state index contributed by atoms with van der Waals surface area (Å²) in [4.78, 5) is 12.9. The molecule has 1 aliphatic carbocycles. The lowest BCUT2D eigenvalue weighted by Crippen LogP contribution is -2.41. The zero-order valence-electron chi connectivity index (χ0n) is 14.7. The number of ether oxygens (including phenoxy) is 1. The molecule has 1 fully saturated rings. The zero-order chi connectivity index (χ0) is 17.4. The largest absolute Gasteiger partial charge is 0.463 e. The van der Waals surface area contributed by atoms with Gasteiger partial charge in [0.2, 0.25) is 5.88 Å². The molecule has 1 aromatic carbocycles. The normalized spacial score (nSPS) is 19.7. The summed E-state index contributed by atoms with van der Waals surface area (Å²) in [7, 11) is 0. The Hall–Kier alpha value is -2.43. The quantitative estimate of drug-likeness (QED) is 0.892. The molecule has 5 heteroatoms. The maximum absolute atomic E-state index is 6.05. The summed E-state index contributed by atoms with van der Waals surface area (Å²) in [6.07, 6.45) is 8.73. The number of fused-ring (bicyclic) bond motifs is 1. The van der Waals surface area contributed by atoms with Crippen LogP contribution in [0.4, 0.5) is 11.5 Å². The fraction of sp³-hybridized carbons (Fsp3) is 0.400. The molecule has 0 spiro atoms. The minimum atomic E-state index is -0.574. The van der Waals surface area contributed by atoms with Crippen LogP contribution in [0, 0.1) is 6.42 Å². The maximum Gasteiger partial charge on any atom is 0.246 e. The third-order valence-corrected chi connectivity index (χ3v) is 5.06. The van der Waals surface area contributed by atoms with Crippen LogP contribution in [0.25, 0.3) is 0 Å². The molecule has 0 atom stereocenters. The van der Waals surface area contributed by atoms with Crippen molar-refractivity contribution in [1.29, 1.82) is 0 Å². The first-order valence-electron chi connectivity index (χ1n) is 8.85. The number of nitrogen functional groups attached to an aromatic ring is 1. The highest BCUT2D eigenvalue weighted by atomic mass is 16.5. The van der Waals surface area contributed by atoms with Gasteiger partial charge in [0, 0.05) is 5.56 Å². The van der Waals surface area contributed by atoms with E-state index in [1.807, 2.05) is 13.8 Å². The average molecular weight is 335 g/mol. The summed E-state index contributed by atoms with van der Waals surface area (Å²) >= 11 is 0. The van der Waals surface area contributed by atoms with Crippen molar-refractivity contribution in [2.75, 3.05) is 5.73 Å². The summed E-state index contributed by atoms with van der Waals surface area (Å²) < 4.78 is 6.05. The molecule has 0 amide bonds. The Labute approximate surface area is 148 Å². The van der Waals surface area contributed by atoms with Gasteiger partial charge in [0.25, 0.3) is 0 Å². The molecular formula is C20H23N4O. The van der Waals surface area contributed by atoms with Crippen LogP contribution in [-0.2, 0) is 0 Å². The molecule has 2 N–H and O–H groups in total. The summed E-state index contributed by atoms with van der Waals surface area (Å²) in [5.41, 5.74) is 9.20. The van der Waals surface area contributed by atoms with Gasteiger partial charge in [-0.15, -0.1) is 0 Å². The Morgan fingerprint density at radius 2 is 1.80 bits per heavy atom. The van der Waals surface area contributed by atoms with Gasteiger partial charge < -0.3 is 10.5 Å². The lowest BCUT2D eigenvalue weighted by Gasteiger charge is -2.32.